The average Bonchev–Trinajstić information content (AvgIpc) is 1.86. The van der Waals surface area contributed by atoms with Crippen molar-refractivity contribution in [3.05, 3.63) is 0 Å². The molecule has 1 fully saturated rings. The van der Waals surface area contributed by atoms with Crippen molar-refractivity contribution >= 4 is 8.80 Å². The lowest BCUT2D eigenvalue weighted by molar-refractivity contribution is 0.935. The Balaban J connectivity index is 2.18. The summed E-state index contributed by atoms with van der Waals surface area (Å²) in [6.07, 6.45) is 3.10. The van der Waals surface area contributed by atoms with Gasteiger partial charge in [-0.2, -0.15) is 0 Å². The van der Waals surface area contributed by atoms with Crippen molar-refractivity contribution in [2.75, 3.05) is 0 Å². The van der Waals surface area contributed by atoms with Crippen molar-refractivity contribution < 1.29 is 0 Å². The molecular weight excluding hydrogens is 88.1 g/mol. The van der Waals surface area contributed by atoms with Crippen LogP contribution >= 0.6 is 0 Å². The van der Waals surface area contributed by atoms with Gasteiger partial charge in [-0.05, 0) is 0 Å². The Morgan fingerprint density at radius 2 is 1.67 bits per heavy atom. The van der Waals surface area contributed by atoms with Crippen molar-refractivity contribution in [2.24, 2.45) is 0 Å². The van der Waals surface area contributed by atoms with Gasteiger partial charge in [-0.15, -0.1) is 0 Å². The van der Waals surface area contributed by atoms with E-state index in [1.54, 1.807) is 24.9 Å². The van der Waals surface area contributed by atoms with Gasteiger partial charge in [0.2, 0.25) is 0 Å². The average molecular weight is 100 g/mol. The smallest absolute Gasteiger partial charge is 0.0336 e. The summed E-state index contributed by atoms with van der Waals surface area (Å²) in [4.78, 5) is 0. The maximum atomic E-state index is 2.48. The molecule has 1 heteroatoms. The maximum absolute atomic E-state index is 2.48. The molecular formula is C5H12Si. The lowest BCUT2D eigenvalue weighted by atomic mass is 10.4. The van der Waals surface area contributed by atoms with E-state index in [1.807, 2.05) is 0 Å². The number of hydrogen-bond acceptors (Lipinski definition) is 0. The molecule has 6 heavy (non-hydrogen) atoms. The van der Waals surface area contributed by atoms with Gasteiger partial charge in [-0.3, -0.25) is 0 Å². The molecule has 1 rings (SSSR count). The van der Waals surface area contributed by atoms with E-state index in [-0.39, 0.29) is 8.80 Å². The van der Waals surface area contributed by atoms with Crippen LogP contribution in [0.3, 0.4) is 0 Å². The van der Waals surface area contributed by atoms with Gasteiger partial charge in [-0.1, -0.05) is 31.5 Å². The van der Waals surface area contributed by atoms with Crippen LogP contribution in [0.25, 0.3) is 0 Å². The molecule has 1 aliphatic heterocycles. The molecule has 0 bridgehead atoms. The van der Waals surface area contributed by atoms with Gasteiger partial charge in [0, 0.05) is 8.80 Å². The second kappa shape index (κ2) is 1.78. The van der Waals surface area contributed by atoms with Gasteiger partial charge in [0.1, 0.15) is 0 Å². The number of rotatable bonds is 0. The molecule has 0 amide bonds. The standard InChI is InChI=1S/C5H12Si/c1-6-4-2-3-5-6/h6H,2-5H2,1H3. The summed E-state index contributed by atoms with van der Waals surface area (Å²) in [5.74, 6) is 0. The Hall–Kier alpha value is 0.217. The number of hydrogen-bond donors (Lipinski definition) is 0. The van der Waals surface area contributed by atoms with Gasteiger partial charge in [0.05, 0.1) is 0 Å². The van der Waals surface area contributed by atoms with Crippen LogP contribution in [0.5, 0.6) is 0 Å². The summed E-state index contributed by atoms with van der Waals surface area (Å²) in [7, 11) is -0.0494. The highest BCUT2D eigenvalue weighted by atomic mass is 28.3. The third-order valence-corrected chi connectivity index (χ3v) is 4.43. The van der Waals surface area contributed by atoms with Gasteiger partial charge in [-0.25, -0.2) is 0 Å². The van der Waals surface area contributed by atoms with Crippen molar-refractivity contribution in [1.29, 1.82) is 0 Å². The second-order valence-electron chi connectivity index (χ2n) is 2.39. The fourth-order valence-electron chi connectivity index (χ4n) is 1.13. The molecule has 1 heterocycles. The molecule has 0 aromatic rings. The normalized spacial score (nSPS) is 25.5. The van der Waals surface area contributed by atoms with Crippen LogP contribution in [0.2, 0.25) is 18.6 Å². The minimum atomic E-state index is -0.0494. The zero-order valence-electron chi connectivity index (χ0n) is 4.41. The van der Waals surface area contributed by atoms with E-state index in [0.717, 1.165) is 0 Å². The molecule has 0 radical (unpaired) electrons. The van der Waals surface area contributed by atoms with Crippen LogP contribution < -0.4 is 0 Å². The van der Waals surface area contributed by atoms with Gasteiger partial charge >= 0.3 is 0 Å². The topological polar surface area (TPSA) is 0 Å². The molecule has 0 unspecified atom stereocenters. The quantitative estimate of drug-likeness (QED) is 0.406. The monoisotopic (exact) mass is 100 g/mol. The van der Waals surface area contributed by atoms with E-state index >= 15 is 0 Å². The summed E-state index contributed by atoms with van der Waals surface area (Å²) >= 11 is 0. The Bertz CT molecular complexity index is 37.2. The Morgan fingerprint density at radius 3 is 1.83 bits per heavy atom. The summed E-state index contributed by atoms with van der Waals surface area (Å²) in [5, 5.41) is 0. The van der Waals surface area contributed by atoms with E-state index in [0.29, 0.717) is 0 Å². The van der Waals surface area contributed by atoms with Crippen LogP contribution in [0.1, 0.15) is 12.8 Å². The summed E-state index contributed by atoms with van der Waals surface area (Å²) in [6.45, 7) is 2.48. The minimum Gasteiger partial charge on any atom is -0.0720 e. The lowest BCUT2D eigenvalue weighted by Gasteiger charge is -1.88. The fraction of sp³-hybridized carbons (Fsp3) is 1.00. The van der Waals surface area contributed by atoms with Crippen LogP contribution in [0.15, 0.2) is 0 Å². The molecule has 0 aromatic carbocycles. The van der Waals surface area contributed by atoms with Gasteiger partial charge in [0.15, 0.2) is 0 Å². The lowest BCUT2D eigenvalue weighted by Crippen LogP contribution is -1.94. The minimum absolute atomic E-state index is 0.0494. The molecule has 0 aliphatic carbocycles. The van der Waals surface area contributed by atoms with Crippen LogP contribution in [-0.4, -0.2) is 8.80 Å². The van der Waals surface area contributed by atoms with Gasteiger partial charge in [0.25, 0.3) is 0 Å². The van der Waals surface area contributed by atoms with E-state index < -0.39 is 0 Å². The van der Waals surface area contributed by atoms with Crippen molar-refractivity contribution in [1.82, 2.24) is 0 Å². The largest absolute Gasteiger partial charge is 0.0720 e. The third kappa shape index (κ3) is 0.838. The summed E-state index contributed by atoms with van der Waals surface area (Å²) in [5.41, 5.74) is 0. The third-order valence-electron chi connectivity index (χ3n) is 1.64. The molecule has 1 saturated heterocycles. The van der Waals surface area contributed by atoms with E-state index in [9.17, 15) is 0 Å². The van der Waals surface area contributed by atoms with Crippen molar-refractivity contribution in [3.63, 3.8) is 0 Å². The first kappa shape index (κ1) is 4.38. The highest BCUT2D eigenvalue weighted by Crippen LogP contribution is 2.17. The van der Waals surface area contributed by atoms with Crippen LogP contribution in [0.4, 0.5) is 0 Å². The molecule has 1 aliphatic rings. The first-order valence-electron chi connectivity index (χ1n) is 2.89. The Labute approximate surface area is 41.2 Å². The SMILES string of the molecule is C[SiH]1CCCC1. The highest BCUT2D eigenvalue weighted by Gasteiger charge is 2.08. The molecule has 0 nitrogen and oxygen atoms in total. The maximum Gasteiger partial charge on any atom is 0.0336 e. The van der Waals surface area contributed by atoms with E-state index in [4.69, 9.17) is 0 Å². The Kier molecular flexibility index (Phi) is 1.30. The van der Waals surface area contributed by atoms with Crippen LogP contribution in [0, 0.1) is 0 Å². The molecule has 0 aromatic heterocycles. The van der Waals surface area contributed by atoms with Crippen molar-refractivity contribution in [2.45, 2.75) is 31.5 Å². The molecule has 0 atom stereocenters. The zero-order chi connectivity index (χ0) is 4.41. The molecule has 0 N–H and O–H groups in total. The molecule has 0 spiro atoms. The highest BCUT2D eigenvalue weighted by molar-refractivity contribution is 6.57. The van der Waals surface area contributed by atoms with E-state index in [2.05, 4.69) is 6.55 Å². The fourth-order valence-corrected chi connectivity index (χ4v) is 3.39. The van der Waals surface area contributed by atoms with E-state index in [1.165, 1.54) is 0 Å². The molecule has 36 valence electrons. The zero-order valence-corrected chi connectivity index (χ0v) is 5.56. The predicted octanol–water partition coefficient (Wildman–Crippen LogP) is 1.64. The first-order chi connectivity index (χ1) is 2.89. The van der Waals surface area contributed by atoms with Crippen molar-refractivity contribution in [3.8, 4) is 0 Å². The second-order valence-corrected chi connectivity index (χ2v) is 5.75. The summed E-state index contributed by atoms with van der Waals surface area (Å²) < 4.78 is 0. The molecule has 0 saturated carbocycles. The first-order valence-corrected chi connectivity index (χ1v) is 5.68. The van der Waals surface area contributed by atoms with Crippen LogP contribution in [-0.2, 0) is 0 Å². The van der Waals surface area contributed by atoms with Gasteiger partial charge < -0.3 is 0 Å². The summed E-state index contributed by atoms with van der Waals surface area (Å²) in [6, 6.07) is 3.25. The Morgan fingerprint density at radius 1 is 1.17 bits per heavy atom. The predicted molar refractivity (Wildman–Crippen MR) is 31.9 cm³/mol.